The first-order valence-corrected chi connectivity index (χ1v) is 5.56. The average molecular weight is 243 g/mol. The number of hydrogen-bond donors (Lipinski definition) is 2. The third-order valence-corrected chi connectivity index (χ3v) is 2.89. The molecule has 7 nitrogen and oxygen atoms in total. The number of nitrogens with zero attached hydrogens (tertiary/aromatic N) is 4. The summed E-state index contributed by atoms with van der Waals surface area (Å²) in [7, 11) is 0. The van der Waals surface area contributed by atoms with Crippen molar-refractivity contribution >= 4 is 29.3 Å². The smallest absolute Gasteiger partial charge is 0.313 e. The van der Waals surface area contributed by atoms with E-state index in [1.54, 1.807) is 6.20 Å². The van der Waals surface area contributed by atoms with Crippen LogP contribution < -0.4 is 0 Å². The summed E-state index contributed by atoms with van der Waals surface area (Å²) in [6, 6.07) is 0. The molecule has 0 saturated carbocycles. The highest BCUT2D eigenvalue weighted by Gasteiger charge is 2.09. The maximum atomic E-state index is 10.3. The fourth-order valence-electron chi connectivity index (χ4n) is 0.819. The van der Waals surface area contributed by atoms with Crippen molar-refractivity contribution in [3.05, 3.63) is 6.20 Å². The largest absolute Gasteiger partial charge is 0.481 e. The summed E-state index contributed by atoms with van der Waals surface area (Å²) < 4.78 is 3.69. The minimum Gasteiger partial charge on any atom is -0.481 e. The predicted octanol–water partition coefficient (Wildman–Crippen LogP) is 0.500. The Bertz CT molecular complexity index is 454. The molecule has 0 aliphatic rings. The van der Waals surface area contributed by atoms with Gasteiger partial charge in [-0.1, -0.05) is 16.3 Å². The summed E-state index contributed by atoms with van der Waals surface area (Å²) in [6.07, 6.45) is 1.57. The molecule has 9 heteroatoms. The Balaban J connectivity index is 2.08. The molecule has 0 aliphatic heterocycles. The number of carbonyl (C=O) groups is 1. The maximum Gasteiger partial charge on any atom is 0.313 e. The third kappa shape index (κ3) is 2.50. The van der Waals surface area contributed by atoms with Crippen molar-refractivity contribution in [3.8, 4) is 10.7 Å². The van der Waals surface area contributed by atoms with E-state index in [4.69, 9.17) is 5.11 Å². The maximum absolute atomic E-state index is 10.3. The molecule has 2 heterocycles. The van der Waals surface area contributed by atoms with E-state index in [0.717, 1.165) is 16.6 Å². The Kier molecular flexibility index (Phi) is 2.92. The molecular formula is C6H5N5O2S2. The second-order valence-electron chi connectivity index (χ2n) is 2.43. The summed E-state index contributed by atoms with van der Waals surface area (Å²) in [6.45, 7) is 0. The summed E-state index contributed by atoms with van der Waals surface area (Å²) in [4.78, 5) is 15.2. The summed E-state index contributed by atoms with van der Waals surface area (Å²) >= 11 is 2.25. The average Bonchev–Trinajstić information content (AvgIpc) is 2.85. The van der Waals surface area contributed by atoms with Gasteiger partial charge in [-0.05, 0) is 11.5 Å². The quantitative estimate of drug-likeness (QED) is 0.753. The molecule has 0 saturated heterocycles. The number of aromatic amines is 1. The topological polar surface area (TPSA) is 105 Å². The molecular weight excluding hydrogens is 238 g/mol. The molecule has 0 aliphatic carbocycles. The van der Waals surface area contributed by atoms with Gasteiger partial charge in [-0.25, -0.2) is 4.98 Å². The van der Waals surface area contributed by atoms with E-state index in [1.807, 2.05) is 0 Å². The van der Waals surface area contributed by atoms with E-state index in [0.29, 0.717) is 11.0 Å². The molecule has 0 spiro atoms. The number of aliphatic carboxylic acids is 1. The Morgan fingerprint density at radius 3 is 3.20 bits per heavy atom. The first-order chi connectivity index (χ1) is 7.25. The van der Waals surface area contributed by atoms with Gasteiger partial charge in [0.05, 0.1) is 11.9 Å². The van der Waals surface area contributed by atoms with E-state index in [2.05, 4.69) is 24.8 Å². The van der Waals surface area contributed by atoms with Gasteiger partial charge in [-0.3, -0.25) is 9.89 Å². The lowest BCUT2D eigenvalue weighted by Crippen LogP contribution is -1.97. The van der Waals surface area contributed by atoms with Crippen LogP contribution in [0.1, 0.15) is 0 Å². The molecule has 15 heavy (non-hydrogen) atoms. The van der Waals surface area contributed by atoms with Crippen molar-refractivity contribution < 1.29 is 9.90 Å². The zero-order chi connectivity index (χ0) is 10.7. The molecule has 78 valence electrons. The fraction of sp³-hybridized carbons (Fsp3) is 0.167. The molecule has 2 N–H and O–H groups in total. The van der Waals surface area contributed by atoms with Gasteiger partial charge in [0.25, 0.3) is 0 Å². The van der Waals surface area contributed by atoms with Crippen molar-refractivity contribution in [2.45, 2.75) is 5.16 Å². The van der Waals surface area contributed by atoms with Crippen molar-refractivity contribution in [1.82, 2.24) is 24.8 Å². The number of nitrogens with one attached hydrogen (secondary N) is 1. The number of carboxylic acid groups (broad SMARTS) is 1. The van der Waals surface area contributed by atoms with Gasteiger partial charge in [-0.15, -0.1) is 10.2 Å². The highest BCUT2D eigenvalue weighted by molar-refractivity contribution is 7.99. The lowest BCUT2D eigenvalue weighted by Gasteiger charge is -1.87. The Hall–Kier alpha value is -1.48. The van der Waals surface area contributed by atoms with E-state index in [-0.39, 0.29) is 5.75 Å². The zero-order valence-electron chi connectivity index (χ0n) is 7.25. The van der Waals surface area contributed by atoms with Crippen LogP contribution in [0.2, 0.25) is 0 Å². The first kappa shape index (κ1) is 10.1. The molecule has 0 unspecified atom stereocenters. The Labute approximate surface area is 92.1 Å². The lowest BCUT2D eigenvalue weighted by atomic mass is 10.5. The van der Waals surface area contributed by atoms with Gasteiger partial charge in [0, 0.05) is 0 Å². The predicted molar refractivity (Wildman–Crippen MR) is 53.6 cm³/mol. The van der Waals surface area contributed by atoms with Gasteiger partial charge in [0.1, 0.15) is 4.88 Å². The Morgan fingerprint density at radius 1 is 1.67 bits per heavy atom. The molecule has 2 aromatic heterocycles. The van der Waals surface area contributed by atoms with Crippen molar-refractivity contribution in [2.75, 3.05) is 5.75 Å². The molecule has 0 atom stereocenters. The summed E-state index contributed by atoms with van der Waals surface area (Å²) in [5.41, 5.74) is 0. The lowest BCUT2D eigenvalue weighted by molar-refractivity contribution is -0.133. The number of carboxylic acids is 1. The third-order valence-electron chi connectivity index (χ3n) is 1.38. The molecule has 0 bridgehead atoms. The van der Waals surface area contributed by atoms with Gasteiger partial charge in [0.2, 0.25) is 5.16 Å². The van der Waals surface area contributed by atoms with E-state index >= 15 is 0 Å². The highest BCUT2D eigenvalue weighted by Crippen LogP contribution is 2.20. The van der Waals surface area contributed by atoms with Gasteiger partial charge < -0.3 is 5.11 Å². The van der Waals surface area contributed by atoms with E-state index < -0.39 is 5.97 Å². The molecule has 2 aromatic rings. The molecule has 0 radical (unpaired) electrons. The van der Waals surface area contributed by atoms with Gasteiger partial charge >= 0.3 is 5.97 Å². The van der Waals surface area contributed by atoms with Crippen LogP contribution in [-0.4, -0.2) is 41.6 Å². The van der Waals surface area contributed by atoms with Crippen molar-refractivity contribution in [1.29, 1.82) is 0 Å². The Morgan fingerprint density at radius 2 is 2.53 bits per heavy atom. The van der Waals surface area contributed by atoms with E-state index in [9.17, 15) is 4.79 Å². The molecule has 0 aromatic carbocycles. The van der Waals surface area contributed by atoms with E-state index in [1.165, 1.54) is 11.5 Å². The van der Waals surface area contributed by atoms with Crippen LogP contribution in [0, 0.1) is 0 Å². The van der Waals surface area contributed by atoms with Crippen LogP contribution in [0.15, 0.2) is 11.4 Å². The van der Waals surface area contributed by atoms with Gasteiger partial charge in [-0.2, -0.15) is 0 Å². The van der Waals surface area contributed by atoms with Crippen molar-refractivity contribution in [2.24, 2.45) is 0 Å². The number of aromatic nitrogens is 5. The SMILES string of the molecule is O=C(O)CSc1n[nH]c(-c2cnns2)n1. The highest BCUT2D eigenvalue weighted by atomic mass is 32.2. The second kappa shape index (κ2) is 4.36. The number of hydrogen-bond acceptors (Lipinski definition) is 7. The number of H-pyrrole nitrogens is 1. The molecule has 0 fully saturated rings. The number of rotatable bonds is 4. The zero-order valence-corrected chi connectivity index (χ0v) is 8.88. The van der Waals surface area contributed by atoms with Crippen LogP contribution in [-0.2, 0) is 4.79 Å². The summed E-state index contributed by atoms with van der Waals surface area (Å²) in [5.74, 6) is -0.401. The van der Waals surface area contributed by atoms with Crippen molar-refractivity contribution in [3.63, 3.8) is 0 Å². The molecule has 0 amide bonds. The summed E-state index contributed by atoms with van der Waals surface area (Å²) in [5, 5.41) is 19.1. The first-order valence-electron chi connectivity index (χ1n) is 3.80. The van der Waals surface area contributed by atoms with Crippen LogP contribution in [0.25, 0.3) is 10.7 Å². The fourth-order valence-corrected chi connectivity index (χ4v) is 1.79. The van der Waals surface area contributed by atoms with Crippen LogP contribution >= 0.6 is 23.3 Å². The standard InChI is InChI=1S/C6H5N5O2S2/c12-4(13)2-14-6-8-5(9-10-6)3-1-7-11-15-3/h1H,2H2,(H,12,13)(H,8,9,10). The molecule has 2 rings (SSSR count). The minimum atomic E-state index is -0.897. The minimum absolute atomic E-state index is 0.0573. The second-order valence-corrected chi connectivity index (χ2v) is 4.16. The monoisotopic (exact) mass is 243 g/mol. The number of thioether (sulfide) groups is 1. The van der Waals surface area contributed by atoms with Crippen LogP contribution in [0.4, 0.5) is 0 Å². The van der Waals surface area contributed by atoms with Crippen LogP contribution in [0.3, 0.4) is 0 Å². The van der Waals surface area contributed by atoms with Crippen LogP contribution in [0.5, 0.6) is 0 Å². The normalized spacial score (nSPS) is 10.4. The van der Waals surface area contributed by atoms with Gasteiger partial charge in [0.15, 0.2) is 5.82 Å².